The third-order valence-corrected chi connectivity index (χ3v) is 2.47. The lowest BCUT2D eigenvalue weighted by molar-refractivity contribution is 0.0660. The van der Waals surface area contributed by atoms with Gasteiger partial charge in [0.2, 0.25) is 0 Å². The van der Waals surface area contributed by atoms with E-state index in [4.69, 9.17) is 9.47 Å². The van der Waals surface area contributed by atoms with Crippen LogP contribution < -0.4 is 0 Å². The van der Waals surface area contributed by atoms with E-state index in [9.17, 15) is 0 Å². The van der Waals surface area contributed by atoms with Gasteiger partial charge in [0, 0.05) is 6.42 Å². The van der Waals surface area contributed by atoms with E-state index in [1.807, 2.05) is 24.3 Å². The molecule has 0 saturated heterocycles. The van der Waals surface area contributed by atoms with Crippen LogP contribution in [0.3, 0.4) is 0 Å². The molecule has 0 bridgehead atoms. The molecule has 1 rings (SSSR count). The lowest BCUT2D eigenvalue weighted by Gasteiger charge is -2.13. The van der Waals surface area contributed by atoms with Crippen molar-refractivity contribution in [2.45, 2.75) is 18.9 Å². The Hall–Kier alpha value is -1.54. The molecule has 0 aliphatic carbocycles. The van der Waals surface area contributed by atoms with Crippen LogP contribution in [-0.2, 0) is 15.9 Å². The first-order chi connectivity index (χ1) is 8.36. The maximum Gasteiger partial charge on any atom is 0.0900 e. The second-order valence-electron chi connectivity index (χ2n) is 3.71. The fourth-order valence-electron chi connectivity index (χ4n) is 1.51. The summed E-state index contributed by atoms with van der Waals surface area (Å²) in [5, 5.41) is 0. The fourth-order valence-corrected chi connectivity index (χ4v) is 1.51. The first-order valence-corrected chi connectivity index (χ1v) is 5.87. The van der Waals surface area contributed by atoms with Crippen LogP contribution in [0.2, 0.25) is 0 Å². The number of hydrogen-bond acceptors (Lipinski definition) is 2. The monoisotopic (exact) mass is 232 g/mol. The van der Waals surface area contributed by atoms with Gasteiger partial charge < -0.3 is 9.47 Å². The molecule has 0 aliphatic heterocycles. The normalized spacial score (nSPS) is 11.8. The molecule has 2 heteroatoms. The lowest BCUT2D eigenvalue weighted by Crippen LogP contribution is -2.14. The smallest absolute Gasteiger partial charge is 0.0900 e. The number of benzene rings is 1. The van der Waals surface area contributed by atoms with Crippen molar-refractivity contribution < 1.29 is 9.47 Å². The van der Waals surface area contributed by atoms with Gasteiger partial charge in [0.1, 0.15) is 0 Å². The molecular weight excluding hydrogens is 212 g/mol. The highest BCUT2D eigenvalue weighted by Gasteiger charge is 2.04. The minimum Gasteiger partial charge on any atom is -0.502 e. The van der Waals surface area contributed by atoms with Crippen molar-refractivity contribution in [3.63, 3.8) is 0 Å². The van der Waals surface area contributed by atoms with Gasteiger partial charge in [-0.2, -0.15) is 0 Å². The van der Waals surface area contributed by atoms with Gasteiger partial charge in [-0.05, 0) is 12.0 Å². The summed E-state index contributed by atoms with van der Waals surface area (Å²) in [5.74, 6) is 0. The third kappa shape index (κ3) is 5.93. The van der Waals surface area contributed by atoms with Crippen LogP contribution in [0.15, 0.2) is 55.8 Å². The Labute approximate surface area is 104 Å². The zero-order valence-corrected chi connectivity index (χ0v) is 10.2. The Balaban J connectivity index is 2.19. The molecule has 0 saturated carbocycles. The Morgan fingerprint density at radius 2 is 1.88 bits per heavy atom. The van der Waals surface area contributed by atoms with E-state index >= 15 is 0 Å². The summed E-state index contributed by atoms with van der Waals surface area (Å²) in [6, 6.07) is 10.3. The van der Waals surface area contributed by atoms with Gasteiger partial charge in [-0.1, -0.05) is 43.0 Å². The molecule has 0 spiro atoms. The maximum atomic E-state index is 5.71. The van der Waals surface area contributed by atoms with Crippen LogP contribution in [-0.4, -0.2) is 19.3 Å². The Bertz CT molecular complexity index is 319. The summed E-state index contributed by atoms with van der Waals surface area (Å²) in [5.41, 5.74) is 1.29. The van der Waals surface area contributed by atoms with Crippen molar-refractivity contribution in [3.8, 4) is 0 Å². The Kier molecular flexibility index (Phi) is 6.84. The zero-order chi connectivity index (χ0) is 12.3. The van der Waals surface area contributed by atoms with Crippen molar-refractivity contribution >= 4 is 0 Å². The maximum absolute atomic E-state index is 5.71. The van der Waals surface area contributed by atoms with E-state index in [1.54, 1.807) is 0 Å². The SMILES string of the molecule is C=COCCC(C=C)OCCc1ccccc1. The van der Waals surface area contributed by atoms with Gasteiger partial charge in [-0.15, -0.1) is 6.58 Å². The van der Waals surface area contributed by atoms with E-state index in [2.05, 4.69) is 25.3 Å². The van der Waals surface area contributed by atoms with Crippen molar-refractivity contribution in [1.29, 1.82) is 0 Å². The molecule has 0 amide bonds. The molecule has 17 heavy (non-hydrogen) atoms. The first-order valence-electron chi connectivity index (χ1n) is 5.87. The highest BCUT2D eigenvalue weighted by molar-refractivity contribution is 5.14. The van der Waals surface area contributed by atoms with E-state index in [-0.39, 0.29) is 6.10 Å². The molecule has 1 aromatic rings. The van der Waals surface area contributed by atoms with Gasteiger partial charge in [-0.25, -0.2) is 0 Å². The summed E-state index contributed by atoms with van der Waals surface area (Å²) >= 11 is 0. The molecule has 1 atom stereocenters. The molecule has 0 fully saturated rings. The van der Waals surface area contributed by atoms with Crippen molar-refractivity contribution in [2.75, 3.05) is 13.2 Å². The van der Waals surface area contributed by atoms with Gasteiger partial charge in [-0.3, -0.25) is 0 Å². The van der Waals surface area contributed by atoms with Crippen molar-refractivity contribution in [1.82, 2.24) is 0 Å². The molecule has 0 radical (unpaired) electrons. The van der Waals surface area contributed by atoms with Gasteiger partial charge >= 0.3 is 0 Å². The predicted octanol–water partition coefficient (Wildman–Crippen LogP) is 3.35. The minimum atomic E-state index is 0.0543. The molecule has 2 nitrogen and oxygen atoms in total. The van der Waals surface area contributed by atoms with E-state index in [1.165, 1.54) is 11.8 Å². The van der Waals surface area contributed by atoms with Gasteiger partial charge in [0.15, 0.2) is 0 Å². The van der Waals surface area contributed by atoms with E-state index < -0.39 is 0 Å². The summed E-state index contributed by atoms with van der Waals surface area (Å²) < 4.78 is 10.8. The molecule has 0 aliphatic rings. The Morgan fingerprint density at radius 3 is 2.53 bits per heavy atom. The molecule has 1 aromatic carbocycles. The standard InChI is InChI=1S/C15H20O2/c1-3-15(11-12-16-4-2)17-13-10-14-8-6-5-7-9-14/h3-9,15H,1-2,10-13H2. The van der Waals surface area contributed by atoms with Crippen LogP contribution in [0.25, 0.3) is 0 Å². The van der Waals surface area contributed by atoms with Gasteiger partial charge in [0.25, 0.3) is 0 Å². The van der Waals surface area contributed by atoms with Gasteiger partial charge in [0.05, 0.1) is 25.6 Å². The second kappa shape index (κ2) is 8.59. The van der Waals surface area contributed by atoms with Crippen molar-refractivity contribution in [2.24, 2.45) is 0 Å². The lowest BCUT2D eigenvalue weighted by atomic mass is 10.2. The summed E-state index contributed by atoms with van der Waals surface area (Å²) in [6.45, 7) is 8.58. The predicted molar refractivity (Wildman–Crippen MR) is 70.8 cm³/mol. The Morgan fingerprint density at radius 1 is 1.12 bits per heavy atom. The average Bonchev–Trinajstić information content (AvgIpc) is 2.38. The summed E-state index contributed by atoms with van der Waals surface area (Å²) in [4.78, 5) is 0. The third-order valence-electron chi connectivity index (χ3n) is 2.47. The molecule has 0 heterocycles. The largest absolute Gasteiger partial charge is 0.502 e. The first kappa shape index (κ1) is 13.5. The highest BCUT2D eigenvalue weighted by atomic mass is 16.5. The number of rotatable bonds is 9. The van der Waals surface area contributed by atoms with Crippen LogP contribution in [0, 0.1) is 0 Å². The van der Waals surface area contributed by atoms with Crippen LogP contribution >= 0.6 is 0 Å². The molecule has 0 aromatic heterocycles. The average molecular weight is 232 g/mol. The molecule has 1 unspecified atom stereocenters. The van der Waals surface area contributed by atoms with Crippen LogP contribution in [0.5, 0.6) is 0 Å². The molecule has 92 valence electrons. The second-order valence-corrected chi connectivity index (χ2v) is 3.71. The van der Waals surface area contributed by atoms with Crippen LogP contribution in [0.4, 0.5) is 0 Å². The molecule has 0 N–H and O–H groups in total. The number of ether oxygens (including phenoxy) is 2. The number of hydrogen-bond donors (Lipinski definition) is 0. The minimum absolute atomic E-state index is 0.0543. The fraction of sp³-hybridized carbons (Fsp3) is 0.333. The quantitative estimate of drug-likeness (QED) is 0.369. The van der Waals surface area contributed by atoms with E-state index in [0.717, 1.165) is 12.8 Å². The van der Waals surface area contributed by atoms with Crippen LogP contribution in [0.1, 0.15) is 12.0 Å². The van der Waals surface area contributed by atoms with E-state index in [0.29, 0.717) is 13.2 Å². The highest BCUT2D eigenvalue weighted by Crippen LogP contribution is 2.04. The zero-order valence-electron chi connectivity index (χ0n) is 10.2. The topological polar surface area (TPSA) is 18.5 Å². The summed E-state index contributed by atoms with van der Waals surface area (Å²) in [6.07, 6.45) is 5.05. The van der Waals surface area contributed by atoms with Crippen molar-refractivity contribution in [3.05, 3.63) is 61.4 Å². The molecular formula is C15H20O2. The summed E-state index contributed by atoms with van der Waals surface area (Å²) in [7, 11) is 0.